The molecular formula is C13H18O3Se. The first-order valence-corrected chi connectivity index (χ1v) is 9.22. The molecule has 4 heteroatoms. The molecule has 17 heavy (non-hydrogen) atoms. The number of ether oxygens (including phenoxy) is 1. The molecule has 3 nitrogen and oxygen atoms in total. The van der Waals surface area contributed by atoms with Gasteiger partial charge in [0.2, 0.25) is 0 Å². The zero-order valence-corrected chi connectivity index (χ0v) is 11.7. The van der Waals surface area contributed by atoms with E-state index in [0.29, 0.717) is 4.46 Å². The van der Waals surface area contributed by atoms with Crippen molar-refractivity contribution < 1.29 is 12.4 Å². The maximum atomic E-state index is 12.5. The van der Waals surface area contributed by atoms with Gasteiger partial charge < -0.3 is 0 Å². The first kappa shape index (κ1) is 12.7. The number of methoxy groups -OCH3 is 1. The van der Waals surface area contributed by atoms with E-state index in [-0.39, 0.29) is 10.9 Å². The van der Waals surface area contributed by atoms with Crippen LogP contribution in [0.5, 0.6) is 0 Å². The summed E-state index contributed by atoms with van der Waals surface area (Å²) in [5, 5.41) is 0. The van der Waals surface area contributed by atoms with E-state index >= 15 is 0 Å². The molecule has 0 aliphatic heterocycles. The number of rotatable bonds is 3. The Hall–Kier alpha value is -0.701. The summed E-state index contributed by atoms with van der Waals surface area (Å²) < 4.78 is 30.9. The molecule has 0 spiro atoms. The van der Waals surface area contributed by atoms with Gasteiger partial charge in [0.1, 0.15) is 0 Å². The van der Waals surface area contributed by atoms with Crippen molar-refractivity contribution in [1.29, 1.82) is 0 Å². The van der Waals surface area contributed by atoms with E-state index in [4.69, 9.17) is 4.74 Å². The van der Waals surface area contributed by atoms with Crippen LogP contribution in [0, 0.1) is 0 Å². The summed E-state index contributed by atoms with van der Waals surface area (Å²) in [6, 6.07) is 8.79. The SMILES string of the molecule is CO[C@H]1CCCC[C@@H]1[Se](=O)(=O)c1ccccc1. The van der Waals surface area contributed by atoms with Crippen molar-refractivity contribution in [3.05, 3.63) is 30.3 Å². The standard InChI is InChI=1S/C13H18O3Se/c1-16-12-9-5-6-10-13(12)17(14,15)11-7-3-2-4-8-11/h2-4,7-8,12-13H,5-6,9-10H2,1H3/t12-,13-/m0/s1. The normalized spacial score (nSPS) is 25.7. The first-order valence-electron chi connectivity index (χ1n) is 5.98. The average Bonchev–Trinajstić information content (AvgIpc) is 2.39. The summed E-state index contributed by atoms with van der Waals surface area (Å²) in [6.07, 6.45) is 3.52. The fourth-order valence-electron chi connectivity index (χ4n) is 2.47. The predicted molar refractivity (Wildman–Crippen MR) is 66.2 cm³/mol. The molecule has 0 N–H and O–H groups in total. The van der Waals surface area contributed by atoms with Crippen molar-refractivity contribution in [2.45, 2.75) is 36.6 Å². The van der Waals surface area contributed by atoms with Gasteiger partial charge in [0.25, 0.3) is 0 Å². The minimum absolute atomic E-state index is 0.126. The van der Waals surface area contributed by atoms with Crippen molar-refractivity contribution in [1.82, 2.24) is 0 Å². The van der Waals surface area contributed by atoms with Crippen LogP contribution in [0.3, 0.4) is 0 Å². The third-order valence-corrected chi connectivity index (χ3v) is 8.17. The molecule has 0 amide bonds. The Kier molecular flexibility index (Phi) is 3.97. The Morgan fingerprint density at radius 2 is 1.76 bits per heavy atom. The van der Waals surface area contributed by atoms with Crippen molar-refractivity contribution in [3.8, 4) is 0 Å². The van der Waals surface area contributed by atoms with Crippen molar-refractivity contribution in [2.75, 3.05) is 7.11 Å². The number of benzene rings is 1. The number of hydrogen-bond acceptors (Lipinski definition) is 3. The minimum atomic E-state index is -4.09. The van der Waals surface area contributed by atoms with E-state index in [0.717, 1.165) is 25.7 Å². The molecule has 0 unspecified atom stereocenters. The Bertz CT molecular complexity index is 453. The molecule has 2 rings (SSSR count). The van der Waals surface area contributed by atoms with E-state index in [2.05, 4.69) is 0 Å². The van der Waals surface area contributed by atoms with Crippen LogP contribution in [0.25, 0.3) is 0 Å². The van der Waals surface area contributed by atoms with E-state index < -0.39 is 12.7 Å². The van der Waals surface area contributed by atoms with Crippen LogP contribution in [-0.4, -0.2) is 25.9 Å². The summed E-state index contributed by atoms with van der Waals surface area (Å²) in [4.78, 5) is -0.313. The summed E-state index contributed by atoms with van der Waals surface area (Å²) in [5.74, 6) is 0. The summed E-state index contributed by atoms with van der Waals surface area (Å²) in [5.41, 5.74) is 0. The maximum absolute atomic E-state index is 12.5. The topological polar surface area (TPSA) is 43.4 Å². The molecule has 1 fully saturated rings. The van der Waals surface area contributed by atoms with Gasteiger partial charge >= 0.3 is 104 Å². The van der Waals surface area contributed by atoms with Gasteiger partial charge in [-0.05, 0) is 0 Å². The second-order valence-electron chi connectivity index (χ2n) is 4.46. The molecule has 0 saturated heterocycles. The first-order chi connectivity index (χ1) is 8.16. The number of hydrogen-bond donors (Lipinski definition) is 0. The summed E-state index contributed by atoms with van der Waals surface area (Å²) in [7, 11) is 1.61. The van der Waals surface area contributed by atoms with Crippen molar-refractivity contribution in [3.63, 3.8) is 0 Å². The molecular weight excluding hydrogens is 283 g/mol. The fraction of sp³-hybridized carbons (Fsp3) is 0.538. The Morgan fingerprint density at radius 3 is 2.41 bits per heavy atom. The van der Waals surface area contributed by atoms with Gasteiger partial charge in [-0.1, -0.05) is 0 Å². The van der Waals surface area contributed by atoms with Gasteiger partial charge in [0.05, 0.1) is 0 Å². The molecule has 1 aromatic rings. The zero-order valence-electron chi connectivity index (χ0n) is 10.0. The molecule has 1 saturated carbocycles. The Balaban J connectivity index is 2.31. The molecule has 0 bridgehead atoms. The zero-order chi connectivity index (χ0) is 12.3. The van der Waals surface area contributed by atoms with Crippen LogP contribution in [0.4, 0.5) is 0 Å². The molecule has 2 atom stereocenters. The van der Waals surface area contributed by atoms with Crippen LogP contribution in [0.1, 0.15) is 25.7 Å². The quantitative estimate of drug-likeness (QED) is 0.804. The Labute approximate surface area is 104 Å². The predicted octanol–water partition coefficient (Wildman–Crippen LogP) is 2.16. The van der Waals surface area contributed by atoms with E-state index in [9.17, 15) is 7.67 Å². The molecule has 0 aromatic heterocycles. The molecule has 1 aliphatic rings. The van der Waals surface area contributed by atoms with Crippen LogP contribution in [-0.2, 0) is 12.4 Å². The average molecular weight is 301 g/mol. The summed E-state index contributed by atoms with van der Waals surface area (Å²) in [6.45, 7) is 0. The van der Waals surface area contributed by atoms with Crippen LogP contribution in [0.2, 0.25) is 4.82 Å². The van der Waals surface area contributed by atoms with E-state index in [1.807, 2.05) is 6.07 Å². The van der Waals surface area contributed by atoms with Gasteiger partial charge in [-0.15, -0.1) is 0 Å². The monoisotopic (exact) mass is 302 g/mol. The van der Waals surface area contributed by atoms with E-state index in [1.54, 1.807) is 31.4 Å². The van der Waals surface area contributed by atoms with Gasteiger partial charge in [-0.3, -0.25) is 0 Å². The second-order valence-corrected chi connectivity index (χ2v) is 9.00. The van der Waals surface area contributed by atoms with Crippen molar-refractivity contribution in [2.24, 2.45) is 0 Å². The molecule has 1 aromatic carbocycles. The second kappa shape index (κ2) is 5.30. The third kappa shape index (κ3) is 2.59. The van der Waals surface area contributed by atoms with Crippen molar-refractivity contribution >= 4 is 17.2 Å². The molecule has 0 radical (unpaired) electrons. The van der Waals surface area contributed by atoms with Crippen LogP contribution < -0.4 is 4.46 Å². The van der Waals surface area contributed by atoms with Gasteiger partial charge in [-0.25, -0.2) is 0 Å². The molecule has 94 valence electrons. The van der Waals surface area contributed by atoms with Gasteiger partial charge in [0, 0.05) is 0 Å². The van der Waals surface area contributed by atoms with Crippen LogP contribution >= 0.6 is 0 Å². The van der Waals surface area contributed by atoms with Gasteiger partial charge in [-0.2, -0.15) is 0 Å². The Morgan fingerprint density at radius 1 is 1.12 bits per heavy atom. The van der Waals surface area contributed by atoms with Crippen LogP contribution in [0.15, 0.2) is 30.3 Å². The molecule has 1 aliphatic carbocycles. The fourth-order valence-corrected chi connectivity index (χ4v) is 6.69. The summed E-state index contributed by atoms with van der Waals surface area (Å²) >= 11 is -4.09. The van der Waals surface area contributed by atoms with Gasteiger partial charge in [0.15, 0.2) is 0 Å². The third-order valence-electron chi connectivity index (χ3n) is 3.42. The van der Waals surface area contributed by atoms with E-state index in [1.165, 1.54) is 0 Å². The molecule has 0 heterocycles.